The molecule has 0 atom stereocenters. The van der Waals surface area contributed by atoms with Gasteiger partial charge >= 0.3 is 0 Å². The summed E-state index contributed by atoms with van der Waals surface area (Å²) in [5, 5.41) is 2.83. The molecule has 0 unspecified atom stereocenters. The highest BCUT2D eigenvalue weighted by Crippen LogP contribution is 2.19. The highest BCUT2D eigenvalue weighted by Gasteiger charge is 2.20. The fraction of sp³-hybridized carbons (Fsp3) is 0.400. The lowest BCUT2D eigenvalue weighted by Crippen LogP contribution is -2.36. The fourth-order valence-electron chi connectivity index (χ4n) is 3.82. The Morgan fingerprint density at radius 2 is 1.73 bits per heavy atom. The Morgan fingerprint density at radius 1 is 0.967 bits per heavy atom. The largest absolute Gasteiger partial charge is 0.356 e. The predicted molar refractivity (Wildman–Crippen MR) is 117 cm³/mol. The molecule has 0 spiro atoms. The smallest absolute Gasteiger partial charge is 0.222 e. The molecule has 1 aliphatic heterocycles. The zero-order chi connectivity index (χ0) is 21.5. The molecule has 1 aliphatic rings. The van der Waals surface area contributed by atoms with Gasteiger partial charge in [0.25, 0.3) is 0 Å². The van der Waals surface area contributed by atoms with E-state index >= 15 is 0 Å². The standard InChI is InChI=1S/C25H30N2O3/c1-18-9-10-19(2)22(16-18)23(28)11-12-24(29)26-14-5-8-25(30)27-15-13-20-6-3-4-7-21(20)17-27/h3-4,6-7,9-10,16H,5,8,11-15,17H2,1-2H3,(H,26,29). The molecule has 0 saturated heterocycles. The van der Waals surface area contributed by atoms with E-state index in [4.69, 9.17) is 0 Å². The highest BCUT2D eigenvalue weighted by molar-refractivity contribution is 5.99. The third-order valence-electron chi connectivity index (χ3n) is 5.65. The summed E-state index contributed by atoms with van der Waals surface area (Å²) >= 11 is 0. The van der Waals surface area contributed by atoms with E-state index in [1.54, 1.807) is 0 Å². The van der Waals surface area contributed by atoms with E-state index in [-0.39, 0.29) is 30.4 Å². The van der Waals surface area contributed by atoms with Gasteiger partial charge in [-0.2, -0.15) is 0 Å². The topological polar surface area (TPSA) is 66.5 Å². The lowest BCUT2D eigenvalue weighted by molar-refractivity contribution is -0.132. The lowest BCUT2D eigenvalue weighted by Gasteiger charge is -2.29. The number of hydrogen-bond acceptors (Lipinski definition) is 3. The van der Waals surface area contributed by atoms with Gasteiger partial charge in [-0.05, 0) is 49.4 Å². The number of benzene rings is 2. The van der Waals surface area contributed by atoms with E-state index in [1.165, 1.54) is 11.1 Å². The van der Waals surface area contributed by atoms with Crippen LogP contribution >= 0.6 is 0 Å². The van der Waals surface area contributed by atoms with Crippen molar-refractivity contribution in [2.75, 3.05) is 13.1 Å². The minimum Gasteiger partial charge on any atom is -0.356 e. The molecule has 158 valence electrons. The number of hydrogen-bond donors (Lipinski definition) is 1. The highest BCUT2D eigenvalue weighted by atomic mass is 16.2. The van der Waals surface area contributed by atoms with Crippen LogP contribution in [0.1, 0.15) is 58.3 Å². The molecule has 5 heteroatoms. The monoisotopic (exact) mass is 406 g/mol. The van der Waals surface area contributed by atoms with Gasteiger partial charge in [0.05, 0.1) is 0 Å². The number of nitrogens with one attached hydrogen (secondary N) is 1. The van der Waals surface area contributed by atoms with Gasteiger partial charge < -0.3 is 10.2 Å². The average Bonchev–Trinajstić information content (AvgIpc) is 2.76. The fourth-order valence-corrected chi connectivity index (χ4v) is 3.82. The Labute approximate surface area is 178 Å². The summed E-state index contributed by atoms with van der Waals surface area (Å²) in [6.07, 6.45) is 2.29. The predicted octanol–water partition coefficient (Wildman–Crippen LogP) is 3.75. The Hall–Kier alpha value is -2.95. The van der Waals surface area contributed by atoms with E-state index in [0.717, 1.165) is 24.1 Å². The van der Waals surface area contributed by atoms with E-state index < -0.39 is 0 Å². The molecule has 1 N–H and O–H groups in total. The van der Waals surface area contributed by atoms with Crippen LogP contribution in [0.2, 0.25) is 0 Å². The molecule has 0 aromatic heterocycles. The minimum absolute atomic E-state index is 0.00749. The van der Waals surface area contributed by atoms with Crippen molar-refractivity contribution in [3.05, 3.63) is 70.3 Å². The molecule has 30 heavy (non-hydrogen) atoms. The van der Waals surface area contributed by atoms with E-state index in [2.05, 4.69) is 17.4 Å². The average molecular weight is 407 g/mol. The van der Waals surface area contributed by atoms with Crippen LogP contribution in [0.4, 0.5) is 0 Å². The SMILES string of the molecule is Cc1ccc(C)c(C(=O)CCC(=O)NCCCC(=O)N2CCc3ccccc3C2)c1. The molecule has 0 radical (unpaired) electrons. The first kappa shape index (κ1) is 21.8. The number of ketones is 1. The zero-order valence-corrected chi connectivity index (χ0v) is 17.9. The Bertz CT molecular complexity index is 936. The number of rotatable bonds is 8. The summed E-state index contributed by atoms with van der Waals surface area (Å²) in [4.78, 5) is 38.8. The van der Waals surface area contributed by atoms with Crippen LogP contribution in [-0.2, 0) is 22.6 Å². The Morgan fingerprint density at radius 3 is 2.53 bits per heavy atom. The maximum Gasteiger partial charge on any atom is 0.222 e. The Balaban J connectivity index is 1.34. The number of Topliss-reactive ketones (excluding diaryl/α,β-unsaturated/α-hetero) is 1. The van der Waals surface area contributed by atoms with Gasteiger partial charge in [0.2, 0.25) is 11.8 Å². The first-order valence-corrected chi connectivity index (χ1v) is 10.7. The second-order valence-electron chi connectivity index (χ2n) is 8.03. The van der Waals surface area contributed by atoms with Gasteiger partial charge in [-0.1, -0.05) is 42.0 Å². The summed E-state index contributed by atoms with van der Waals surface area (Å²) in [7, 11) is 0. The number of carbonyl (C=O) groups is 3. The molecule has 5 nitrogen and oxygen atoms in total. The van der Waals surface area contributed by atoms with Crippen molar-refractivity contribution in [1.29, 1.82) is 0 Å². The second kappa shape index (κ2) is 10.2. The van der Waals surface area contributed by atoms with Gasteiger partial charge in [0, 0.05) is 44.5 Å². The zero-order valence-electron chi connectivity index (χ0n) is 17.9. The molecular weight excluding hydrogens is 376 g/mol. The van der Waals surface area contributed by atoms with Gasteiger partial charge in [0.1, 0.15) is 0 Å². The Kier molecular flexibility index (Phi) is 7.39. The van der Waals surface area contributed by atoms with Gasteiger partial charge in [-0.25, -0.2) is 0 Å². The second-order valence-corrected chi connectivity index (χ2v) is 8.03. The summed E-state index contributed by atoms with van der Waals surface area (Å²) in [5.41, 5.74) is 5.21. The number of nitrogens with zero attached hydrogens (tertiary/aromatic N) is 1. The maximum atomic E-state index is 12.5. The van der Waals surface area contributed by atoms with Crippen LogP contribution in [0, 0.1) is 13.8 Å². The van der Waals surface area contributed by atoms with Crippen LogP contribution < -0.4 is 5.32 Å². The van der Waals surface area contributed by atoms with Gasteiger partial charge in [0.15, 0.2) is 5.78 Å². The quantitative estimate of drug-likeness (QED) is 0.536. The van der Waals surface area contributed by atoms with Crippen LogP contribution in [0.5, 0.6) is 0 Å². The summed E-state index contributed by atoms with van der Waals surface area (Å²) in [6, 6.07) is 14.0. The van der Waals surface area contributed by atoms with E-state index in [9.17, 15) is 14.4 Å². The number of aryl methyl sites for hydroxylation is 2. The third-order valence-corrected chi connectivity index (χ3v) is 5.65. The molecule has 2 amide bonds. The van der Waals surface area contributed by atoms with Crippen molar-refractivity contribution in [2.24, 2.45) is 0 Å². The first-order chi connectivity index (χ1) is 14.4. The van der Waals surface area contributed by atoms with Crippen molar-refractivity contribution >= 4 is 17.6 Å². The molecule has 0 aliphatic carbocycles. The molecule has 3 rings (SSSR count). The molecule has 0 bridgehead atoms. The van der Waals surface area contributed by atoms with Crippen LogP contribution in [-0.4, -0.2) is 35.6 Å². The van der Waals surface area contributed by atoms with Crippen molar-refractivity contribution in [1.82, 2.24) is 10.2 Å². The third kappa shape index (κ3) is 5.78. The van der Waals surface area contributed by atoms with Crippen molar-refractivity contribution < 1.29 is 14.4 Å². The molecular formula is C25H30N2O3. The van der Waals surface area contributed by atoms with Gasteiger partial charge in [-0.15, -0.1) is 0 Å². The van der Waals surface area contributed by atoms with Crippen molar-refractivity contribution in [2.45, 2.75) is 52.5 Å². The van der Waals surface area contributed by atoms with Crippen LogP contribution in [0.3, 0.4) is 0 Å². The molecule has 0 saturated carbocycles. The molecule has 2 aromatic rings. The summed E-state index contributed by atoms with van der Waals surface area (Å²) in [6.45, 7) is 5.73. The summed E-state index contributed by atoms with van der Waals surface area (Å²) < 4.78 is 0. The van der Waals surface area contributed by atoms with Gasteiger partial charge in [-0.3, -0.25) is 14.4 Å². The minimum atomic E-state index is -0.145. The summed E-state index contributed by atoms with van der Waals surface area (Å²) in [5.74, 6) is -0.0243. The molecule has 0 fully saturated rings. The molecule has 2 aromatic carbocycles. The number of fused-ring (bicyclic) bond motifs is 1. The maximum absolute atomic E-state index is 12.5. The van der Waals surface area contributed by atoms with Crippen molar-refractivity contribution in [3.8, 4) is 0 Å². The van der Waals surface area contributed by atoms with Crippen molar-refractivity contribution in [3.63, 3.8) is 0 Å². The lowest BCUT2D eigenvalue weighted by atomic mass is 9.99. The molecule has 1 heterocycles. The first-order valence-electron chi connectivity index (χ1n) is 10.7. The number of carbonyl (C=O) groups excluding carboxylic acids is 3. The van der Waals surface area contributed by atoms with E-state index in [1.807, 2.05) is 49.1 Å². The normalized spacial score (nSPS) is 12.9. The van der Waals surface area contributed by atoms with Crippen LogP contribution in [0.15, 0.2) is 42.5 Å². The number of amides is 2. The van der Waals surface area contributed by atoms with E-state index in [0.29, 0.717) is 31.5 Å². The van der Waals surface area contributed by atoms with Crippen LogP contribution in [0.25, 0.3) is 0 Å².